The lowest BCUT2D eigenvalue weighted by atomic mass is 9.99. The van der Waals surface area contributed by atoms with Gasteiger partial charge < -0.3 is 14.4 Å². The molecule has 1 aromatic rings. The zero-order chi connectivity index (χ0) is 21.6. The van der Waals surface area contributed by atoms with Crippen LogP contribution in [-0.4, -0.2) is 75.6 Å². The SMILES string of the molecule is CCC(C)c1ccc(S(=O)(=O)N2CCN(C(=O)CCOCC3CCCO3)CC2)cc1. The number of hydrogen-bond acceptors (Lipinski definition) is 5. The van der Waals surface area contributed by atoms with Crippen LogP contribution in [-0.2, 0) is 24.3 Å². The normalized spacial score (nSPS) is 21.7. The van der Waals surface area contributed by atoms with Crippen molar-refractivity contribution in [2.75, 3.05) is 46.0 Å². The molecule has 2 heterocycles. The Morgan fingerprint density at radius 3 is 2.50 bits per heavy atom. The fraction of sp³-hybridized carbons (Fsp3) is 0.682. The van der Waals surface area contributed by atoms with Crippen LogP contribution in [0.5, 0.6) is 0 Å². The fourth-order valence-corrected chi connectivity index (χ4v) is 5.26. The molecule has 2 aliphatic heterocycles. The van der Waals surface area contributed by atoms with Gasteiger partial charge in [0.25, 0.3) is 0 Å². The largest absolute Gasteiger partial charge is 0.378 e. The van der Waals surface area contributed by atoms with E-state index < -0.39 is 10.0 Å². The molecule has 1 aromatic carbocycles. The van der Waals surface area contributed by atoms with Gasteiger partial charge in [0.1, 0.15) is 0 Å². The van der Waals surface area contributed by atoms with Gasteiger partial charge in [0.15, 0.2) is 0 Å². The van der Waals surface area contributed by atoms with Crippen molar-refractivity contribution in [2.24, 2.45) is 0 Å². The maximum absolute atomic E-state index is 12.9. The van der Waals surface area contributed by atoms with E-state index in [0.29, 0.717) is 56.6 Å². The highest BCUT2D eigenvalue weighted by atomic mass is 32.2. The molecule has 2 saturated heterocycles. The summed E-state index contributed by atoms with van der Waals surface area (Å²) in [5.74, 6) is 0.420. The van der Waals surface area contributed by atoms with E-state index in [0.717, 1.165) is 31.4 Å². The van der Waals surface area contributed by atoms with Crippen molar-refractivity contribution < 1.29 is 22.7 Å². The first-order valence-corrected chi connectivity index (χ1v) is 12.4. The van der Waals surface area contributed by atoms with Crippen LogP contribution in [0.1, 0.15) is 51.0 Å². The number of amides is 1. The van der Waals surface area contributed by atoms with Crippen molar-refractivity contribution in [3.8, 4) is 0 Å². The van der Waals surface area contributed by atoms with Gasteiger partial charge in [-0.1, -0.05) is 26.0 Å². The predicted octanol–water partition coefficient (Wildman–Crippen LogP) is 2.62. The standard InChI is InChI=1S/C22H34N2O5S/c1-3-18(2)19-6-8-21(9-7-19)30(26,27)24-13-11-23(12-14-24)22(25)10-16-28-17-20-5-4-15-29-20/h6-9,18,20H,3-5,10-17H2,1-2H3. The molecule has 0 aliphatic carbocycles. The Morgan fingerprint density at radius 1 is 1.20 bits per heavy atom. The van der Waals surface area contributed by atoms with Gasteiger partial charge in [0, 0.05) is 32.8 Å². The molecule has 30 heavy (non-hydrogen) atoms. The van der Waals surface area contributed by atoms with E-state index in [4.69, 9.17) is 9.47 Å². The van der Waals surface area contributed by atoms with Crippen LogP contribution in [0.25, 0.3) is 0 Å². The van der Waals surface area contributed by atoms with E-state index in [1.807, 2.05) is 12.1 Å². The molecule has 2 unspecified atom stereocenters. The summed E-state index contributed by atoms with van der Waals surface area (Å²) in [6.45, 7) is 7.41. The Bertz CT molecular complexity index is 782. The predicted molar refractivity (Wildman–Crippen MR) is 115 cm³/mol. The first kappa shape index (κ1) is 23.2. The van der Waals surface area contributed by atoms with E-state index in [1.165, 1.54) is 4.31 Å². The lowest BCUT2D eigenvalue weighted by molar-refractivity contribution is -0.133. The van der Waals surface area contributed by atoms with Gasteiger partial charge in [-0.05, 0) is 42.9 Å². The van der Waals surface area contributed by atoms with E-state index >= 15 is 0 Å². The molecule has 0 aromatic heterocycles. The molecule has 2 atom stereocenters. The Kier molecular flexibility index (Phi) is 8.27. The number of carbonyl (C=O) groups excluding carboxylic acids is 1. The highest BCUT2D eigenvalue weighted by Crippen LogP contribution is 2.23. The minimum atomic E-state index is -3.53. The number of hydrogen-bond donors (Lipinski definition) is 0. The second kappa shape index (κ2) is 10.7. The summed E-state index contributed by atoms with van der Waals surface area (Å²) in [7, 11) is -3.53. The van der Waals surface area contributed by atoms with Crippen molar-refractivity contribution in [3.63, 3.8) is 0 Å². The average molecular weight is 439 g/mol. The lowest BCUT2D eigenvalue weighted by Crippen LogP contribution is -2.50. The molecule has 0 saturated carbocycles. The molecule has 0 spiro atoms. The Labute approximate surface area is 180 Å². The highest BCUT2D eigenvalue weighted by molar-refractivity contribution is 7.89. The average Bonchev–Trinajstić information content (AvgIpc) is 3.30. The van der Waals surface area contributed by atoms with Crippen LogP contribution in [0.15, 0.2) is 29.2 Å². The summed E-state index contributed by atoms with van der Waals surface area (Å²) < 4.78 is 38.4. The molecule has 3 rings (SSSR count). The summed E-state index contributed by atoms with van der Waals surface area (Å²) in [4.78, 5) is 14.4. The van der Waals surface area contributed by atoms with Crippen LogP contribution in [0.3, 0.4) is 0 Å². The molecule has 0 N–H and O–H groups in total. The minimum Gasteiger partial charge on any atom is -0.378 e. The second-order valence-electron chi connectivity index (χ2n) is 8.12. The zero-order valence-corrected chi connectivity index (χ0v) is 18.9. The molecular formula is C22H34N2O5S. The van der Waals surface area contributed by atoms with Crippen molar-refractivity contribution in [3.05, 3.63) is 29.8 Å². The van der Waals surface area contributed by atoms with Crippen molar-refractivity contribution in [2.45, 2.75) is 56.4 Å². The summed E-state index contributed by atoms with van der Waals surface area (Å²) in [6, 6.07) is 7.19. The van der Waals surface area contributed by atoms with Gasteiger partial charge in [0.2, 0.25) is 15.9 Å². The molecule has 8 heteroatoms. The molecule has 0 radical (unpaired) electrons. The van der Waals surface area contributed by atoms with Crippen LogP contribution in [0.4, 0.5) is 0 Å². The first-order chi connectivity index (χ1) is 14.4. The summed E-state index contributed by atoms with van der Waals surface area (Å²) in [5, 5.41) is 0. The Hall–Kier alpha value is -1.48. The van der Waals surface area contributed by atoms with Crippen LogP contribution >= 0.6 is 0 Å². The number of rotatable bonds is 9. The van der Waals surface area contributed by atoms with Crippen molar-refractivity contribution in [1.29, 1.82) is 0 Å². The monoisotopic (exact) mass is 438 g/mol. The van der Waals surface area contributed by atoms with Crippen LogP contribution in [0, 0.1) is 0 Å². The fourth-order valence-electron chi connectivity index (χ4n) is 3.84. The Morgan fingerprint density at radius 2 is 1.90 bits per heavy atom. The molecule has 2 aliphatic rings. The molecule has 7 nitrogen and oxygen atoms in total. The second-order valence-corrected chi connectivity index (χ2v) is 10.1. The van der Waals surface area contributed by atoms with Gasteiger partial charge >= 0.3 is 0 Å². The third-order valence-corrected chi connectivity index (χ3v) is 7.99. The first-order valence-electron chi connectivity index (χ1n) is 11.0. The Balaban J connectivity index is 1.45. The van der Waals surface area contributed by atoms with E-state index in [-0.39, 0.29) is 12.0 Å². The summed E-state index contributed by atoms with van der Waals surface area (Å²) >= 11 is 0. The molecule has 0 bridgehead atoms. The molecular weight excluding hydrogens is 404 g/mol. The van der Waals surface area contributed by atoms with E-state index in [2.05, 4.69) is 13.8 Å². The third-order valence-electron chi connectivity index (χ3n) is 6.08. The van der Waals surface area contributed by atoms with Gasteiger partial charge in [-0.2, -0.15) is 4.31 Å². The molecule has 168 valence electrons. The van der Waals surface area contributed by atoms with Crippen molar-refractivity contribution >= 4 is 15.9 Å². The number of piperazine rings is 1. The van der Waals surface area contributed by atoms with E-state index in [1.54, 1.807) is 17.0 Å². The number of sulfonamides is 1. The summed E-state index contributed by atoms with van der Waals surface area (Å²) in [5.41, 5.74) is 1.15. The number of nitrogens with zero attached hydrogens (tertiary/aromatic N) is 2. The van der Waals surface area contributed by atoms with Crippen LogP contribution < -0.4 is 0 Å². The number of ether oxygens (including phenoxy) is 2. The maximum atomic E-state index is 12.9. The topological polar surface area (TPSA) is 76.2 Å². The van der Waals surface area contributed by atoms with Gasteiger partial charge in [-0.3, -0.25) is 4.79 Å². The van der Waals surface area contributed by atoms with E-state index in [9.17, 15) is 13.2 Å². The number of carbonyl (C=O) groups is 1. The highest BCUT2D eigenvalue weighted by Gasteiger charge is 2.30. The van der Waals surface area contributed by atoms with Gasteiger partial charge in [0.05, 0.1) is 30.6 Å². The maximum Gasteiger partial charge on any atom is 0.243 e. The number of benzene rings is 1. The zero-order valence-electron chi connectivity index (χ0n) is 18.1. The third kappa shape index (κ3) is 5.81. The minimum absolute atomic E-state index is 0.0114. The van der Waals surface area contributed by atoms with Crippen LogP contribution in [0.2, 0.25) is 0 Å². The van der Waals surface area contributed by atoms with Crippen molar-refractivity contribution in [1.82, 2.24) is 9.21 Å². The smallest absolute Gasteiger partial charge is 0.243 e. The quantitative estimate of drug-likeness (QED) is 0.554. The molecule has 1 amide bonds. The van der Waals surface area contributed by atoms with Gasteiger partial charge in [-0.15, -0.1) is 0 Å². The lowest BCUT2D eigenvalue weighted by Gasteiger charge is -2.34. The summed E-state index contributed by atoms with van der Waals surface area (Å²) in [6.07, 6.45) is 3.58. The van der Waals surface area contributed by atoms with Gasteiger partial charge in [-0.25, -0.2) is 8.42 Å². The molecule has 2 fully saturated rings.